The summed E-state index contributed by atoms with van der Waals surface area (Å²) >= 11 is 0. The highest BCUT2D eigenvalue weighted by Crippen LogP contribution is 2.38. The van der Waals surface area contributed by atoms with Crippen molar-refractivity contribution in [1.82, 2.24) is 5.32 Å². The fourth-order valence-electron chi connectivity index (χ4n) is 9.83. The van der Waals surface area contributed by atoms with Gasteiger partial charge in [0.05, 0.1) is 39.9 Å². The monoisotopic (exact) mass is 1090 g/mol. The average Bonchev–Trinajstić information content (AvgIpc) is 3.38. The molecule has 0 aromatic heterocycles. The van der Waals surface area contributed by atoms with Crippen LogP contribution in [0.15, 0.2) is 48.6 Å². The van der Waals surface area contributed by atoms with Crippen LogP contribution in [0.5, 0.6) is 0 Å². The number of likely N-dealkylation sites (N-methyl/N-ethyl adjacent to an activating group) is 1. The number of phosphoric ester groups is 1. The largest absolute Gasteiger partial charge is 0.756 e. The molecular weight excluding hydrogens is 960 g/mol. The Labute approximate surface area is 473 Å². The van der Waals surface area contributed by atoms with Gasteiger partial charge in [0.1, 0.15) is 13.2 Å². The number of hydrogen-bond donors (Lipinski definition) is 2. The molecule has 3 atom stereocenters. The van der Waals surface area contributed by atoms with Gasteiger partial charge in [-0.25, -0.2) is 0 Å². The summed E-state index contributed by atoms with van der Waals surface area (Å²) in [6.07, 6.45) is 78.3. The zero-order valence-corrected chi connectivity index (χ0v) is 52.1. The molecule has 0 aromatic rings. The van der Waals surface area contributed by atoms with E-state index in [-0.39, 0.29) is 12.5 Å². The second-order valence-corrected chi connectivity index (χ2v) is 25.2. The molecule has 76 heavy (non-hydrogen) atoms. The van der Waals surface area contributed by atoms with Crippen molar-refractivity contribution in [1.29, 1.82) is 0 Å². The Morgan fingerprint density at radius 3 is 1.09 bits per heavy atom. The van der Waals surface area contributed by atoms with Crippen molar-refractivity contribution >= 4 is 13.7 Å². The molecule has 0 aliphatic carbocycles. The number of aliphatic hydroxyl groups is 1. The first-order chi connectivity index (χ1) is 37.0. The number of unbranched alkanes of at least 4 members (excludes halogenated alkanes) is 42. The molecule has 2 N–H and O–H groups in total. The van der Waals surface area contributed by atoms with Gasteiger partial charge in [0.25, 0.3) is 7.82 Å². The van der Waals surface area contributed by atoms with Gasteiger partial charge in [-0.2, -0.15) is 0 Å². The predicted molar refractivity (Wildman–Crippen MR) is 330 cm³/mol. The topological polar surface area (TPSA) is 108 Å². The minimum Gasteiger partial charge on any atom is -0.756 e. The lowest BCUT2D eigenvalue weighted by Gasteiger charge is -2.29. The van der Waals surface area contributed by atoms with Crippen LogP contribution < -0.4 is 10.2 Å². The molecule has 8 nitrogen and oxygen atoms in total. The molecule has 9 heteroatoms. The van der Waals surface area contributed by atoms with E-state index < -0.39 is 26.6 Å². The van der Waals surface area contributed by atoms with Crippen molar-refractivity contribution < 1.29 is 32.9 Å². The summed E-state index contributed by atoms with van der Waals surface area (Å²) in [5.74, 6) is -0.208. The summed E-state index contributed by atoms with van der Waals surface area (Å²) in [4.78, 5) is 25.5. The van der Waals surface area contributed by atoms with E-state index in [1.165, 1.54) is 250 Å². The SMILES string of the molecule is CCCCC/C=C/CC/C=C/CC/C=C/C(O)C(COP(=O)([O-])OCC[N+](C)(C)C)NC(=O)CCCCCCCCCCCCCCCCCCCCCCCCCCCCCCC/C=C\CCCCCCCCCC. The van der Waals surface area contributed by atoms with Crippen LogP contribution >= 0.6 is 7.82 Å². The van der Waals surface area contributed by atoms with Crippen molar-refractivity contribution in [3.8, 4) is 0 Å². The lowest BCUT2D eigenvalue weighted by molar-refractivity contribution is -0.870. The van der Waals surface area contributed by atoms with Crippen LogP contribution in [0.4, 0.5) is 0 Å². The molecular formula is C67H129N2O6P. The number of rotatable bonds is 61. The smallest absolute Gasteiger partial charge is 0.268 e. The van der Waals surface area contributed by atoms with Crippen molar-refractivity contribution in [2.45, 2.75) is 334 Å². The third kappa shape index (κ3) is 60.1. The summed E-state index contributed by atoms with van der Waals surface area (Å²) < 4.78 is 23.3. The zero-order valence-electron chi connectivity index (χ0n) is 51.2. The number of nitrogens with zero attached hydrogens (tertiary/aromatic N) is 1. The second kappa shape index (κ2) is 58.1. The van der Waals surface area contributed by atoms with Gasteiger partial charge < -0.3 is 28.8 Å². The molecule has 0 rings (SSSR count). The lowest BCUT2D eigenvalue weighted by atomic mass is 10.0. The number of allylic oxidation sites excluding steroid dienone is 7. The molecule has 448 valence electrons. The number of nitrogens with one attached hydrogen (secondary N) is 1. The average molecular weight is 1090 g/mol. The quantitative estimate of drug-likeness (QED) is 0.0272. The summed E-state index contributed by atoms with van der Waals surface area (Å²) in [6, 6.07) is -0.908. The Bertz CT molecular complexity index is 1380. The van der Waals surface area contributed by atoms with E-state index in [1.807, 2.05) is 27.2 Å². The minimum absolute atomic E-state index is 0.00822. The lowest BCUT2D eigenvalue weighted by Crippen LogP contribution is -2.45. The molecule has 0 aliphatic rings. The van der Waals surface area contributed by atoms with Gasteiger partial charge in [0, 0.05) is 6.42 Å². The number of phosphoric acid groups is 1. The van der Waals surface area contributed by atoms with Crippen LogP contribution in [0.2, 0.25) is 0 Å². The van der Waals surface area contributed by atoms with Crippen LogP contribution in [0.3, 0.4) is 0 Å². The summed E-state index contributed by atoms with van der Waals surface area (Å²) in [5.41, 5.74) is 0. The summed E-state index contributed by atoms with van der Waals surface area (Å²) in [7, 11) is 1.24. The predicted octanol–water partition coefficient (Wildman–Crippen LogP) is 20.0. The van der Waals surface area contributed by atoms with E-state index in [2.05, 4.69) is 55.6 Å². The molecule has 3 unspecified atom stereocenters. The van der Waals surface area contributed by atoms with Crippen molar-refractivity contribution in [3.63, 3.8) is 0 Å². The molecule has 0 saturated heterocycles. The van der Waals surface area contributed by atoms with Crippen LogP contribution in [0.1, 0.15) is 322 Å². The molecule has 0 radical (unpaired) electrons. The van der Waals surface area contributed by atoms with E-state index in [9.17, 15) is 19.4 Å². The molecule has 0 aliphatic heterocycles. The van der Waals surface area contributed by atoms with Crippen molar-refractivity contribution in [3.05, 3.63) is 48.6 Å². The minimum atomic E-state index is -4.61. The highest BCUT2D eigenvalue weighted by Gasteiger charge is 2.23. The molecule has 0 spiro atoms. The number of hydrogen-bond acceptors (Lipinski definition) is 6. The Hall–Kier alpha value is -1.54. The number of carbonyl (C=O) groups is 1. The van der Waals surface area contributed by atoms with Gasteiger partial charge in [0.15, 0.2) is 0 Å². The first-order valence-corrected chi connectivity index (χ1v) is 34.5. The summed E-state index contributed by atoms with van der Waals surface area (Å²) in [6.45, 7) is 4.61. The van der Waals surface area contributed by atoms with Gasteiger partial charge >= 0.3 is 0 Å². The third-order valence-electron chi connectivity index (χ3n) is 15.0. The maximum atomic E-state index is 13.0. The normalized spacial score (nSPS) is 14.0. The molecule has 0 fully saturated rings. The first-order valence-electron chi connectivity index (χ1n) is 33.0. The van der Waals surface area contributed by atoms with E-state index in [1.54, 1.807) is 6.08 Å². The van der Waals surface area contributed by atoms with Gasteiger partial charge in [-0.05, 0) is 70.6 Å². The van der Waals surface area contributed by atoms with Crippen LogP contribution in [-0.4, -0.2) is 68.5 Å². The van der Waals surface area contributed by atoms with Crippen molar-refractivity contribution in [2.75, 3.05) is 40.9 Å². The highest BCUT2D eigenvalue weighted by atomic mass is 31.2. The molecule has 0 heterocycles. The van der Waals surface area contributed by atoms with E-state index in [0.29, 0.717) is 17.4 Å². The van der Waals surface area contributed by atoms with Crippen LogP contribution in [0, 0.1) is 0 Å². The Kier molecular flexibility index (Phi) is 56.9. The molecule has 0 saturated carbocycles. The Morgan fingerprint density at radius 1 is 0.447 bits per heavy atom. The number of carbonyl (C=O) groups excluding carboxylic acids is 1. The first kappa shape index (κ1) is 74.5. The van der Waals surface area contributed by atoms with Gasteiger partial charge in [0.2, 0.25) is 5.91 Å². The fourth-order valence-corrected chi connectivity index (χ4v) is 10.6. The van der Waals surface area contributed by atoms with Crippen LogP contribution in [0.25, 0.3) is 0 Å². The van der Waals surface area contributed by atoms with Crippen molar-refractivity contribution in [2.24, 2.45) is 0 Å². The standard InChI is InChI=1S/C67H129N2O6P/c1-6-8-10-12-14-16-18-20-21-22-23-24-25-26-27-28-29-30-31-32-33-34-35-36-37-38-39-40-41-42-43-44-45-46-47-49-51-53-55-57-59-61-67(71)68-65(64-75-76(72,73)74-63-62-69(3,4)5)66(70)60-58-56-54-52-50-48-19-17-15-13-11-9-7-2/h15,17,22-23,50,52,58,60,65-66,70H,6-14,16,18-21,24-49,51,53-57,59,61-64H2,1-5H3,(H-,68,71,72,73)/b17-15+,23-22-,52-50+,60-58+. The van der Waals surface area contributed by atoms with E-state index in [0.717, 1.165) is 51.4 Å². The van der Waals surface area contributed by atoms with E-state index in [4.69, 9.17) is 9.05 Å². The second-order valence-electron chi connectivity index (χ2n) is 23.8. The number of aliphatic hydroxyl groups excluding tert-OH is 1. The van der Waals surface area contributed by atoms with Gasteiger partial charge in [-0.15, -0.1) is 0 Å². The van der Waals surface area contributed by atoms with Crippen LogP contribution in [-0.2, 0) is 18.4 Å². The Balaban J connectivity index is 3.83. The number of amides is 1. The molecule has 0 aromatic carbocycles. The molecule has 1 amide bonds. The maximum Gasteiger partial charge on any atom is 0.268 e. The number of quaternary nitrogens is 1. The van der Waals surface area contributed by atoms with Gasteiger partial charge in [-0.3, -0.25) is 9.36 Å². The fraction of sp³-hybridized carbons (Fsp3) is 0.866. The third-order valence-corrected chi connectivity index (χ3v) is 16.0. The summed E-state index contributed by atoms with van der Waals surface area (Å²) in [5, 5.41) is 13.8. The highest BCUT2D eigenvalue weighted by molar-refractivity contribution is 7.45. The maximum absolute atomic E-state index is 13.0. The van der Waals surface area contributed by atoms with E-state index >= 15 is 0 Å². The molecule has 0 bridgehead atoms. The zero-order chi connectivity index (χ0) is 55.6. The Morgan fingerprint density at radius 2 is 0.737 bits per heavy atom. The van der Waals surface area contributed by atoms with Gasteiger partial charge in [-0.1, -0.05) is 294 Å².